The molecule has 0 amide bonds. The topological polar surface area (TPSA) is 126 Å². The molecule has 0 aliphatic carbocycles. The molecule has 0 N–H and O–H groups in total. The molecular weight excluding hydrogens is 599 g/mol. The maximum absolute atomic E-state index is 13.3. The number of ketones is 3. The first-order valence-corrected chi connectivity index (χ1v) is 16.6. The average molecular weight is 630 g/mol. The summed E-state index contributed by atoms with van der Waals surface area (Å²) in [7, 11) is -8.08. The first kappa shape index (κ1) is 30.8. The van der Waals surface area contributed by atoms with Crippen LogP contribution in [0.2, 0.25) is 0 Å². The summed E-state index contributed by atoms with van der Waals surface area (Å²) in [5.74, 6) is -2.83. The van der Waals surface area contributed by atoms with E-state index in [-0.39, 0.29) is 35.7 Å². The molecule has 9 nitrogen and oxygen atoms in total. The Morgan fingerprint density at radius 2 is 1.00 bits per heavy atom. The number of sulfonamides is 2. The van der Waals surface area contributed by atoms with Crippen molar-refractivity contribution in [1.29, 1.82) is 0 Å². The average Bonchev–Trinajstić information content (AvgIpc) is 3.63. The third-order valence-corrected chi connectivity index (χ3v) is 12.0. The molecular formula is C27H30Cl2N2O7S2. The monoisotopic (exact) mass is 628 g/mol. The van der Waals surface area contributed by atoms with Gasteiger partial charge in [0.05, 0.1) is 21.9 Å². The lowest BCUT2D eigenvalue weighted by atomic mass is 9.99. The highest BCUT2D eigenvalue weighted by atomic mass is 35.5. The van der Waals surface area contributed by atoms with Crippen LogP contribution in [0.25, 0.3) is 0 Å². The van der Waals surface area contributed by atoms with Crippen molar-refractivity contribution in [3.63, 3.8) is 0 Å². The molecule has 0 saturated carbocycles. The van der Waals surface area contributed by atoms with Gasteiger partial charge in [0, 0.05) is 13.1 Å². The number of carbonyl (C=O) groups excluding carboxylic acids is 3. The number of halogens is 2. The predicted octanol–water partition coefficient (Wildman–Crippen LogP) is 3.23. The molecule has 0 bridgehead atoms. The molecule has 0 spiro atoms. The zero-order chi connectivity index (χ0) is 29.4. The molecule has 2 aliphatic rings. The van der Waals surface area contributed by atoms with Crippen LogP contribution in [0, 0.1) is 13.8 Å². The largest absolute Gasteiger partial charge is 0.296 e. The number of rotatable bonds is 10. The quantitative estimate of drug-likeness (QED) is 0.292. The van der Waals surface area contributed by atoms with Gasteiger partial charge in [0.2, 0.25) is 20.0 Å². The number of alkyl halides is 2. The maximum atomic E-state index is 13.3. The number of nitrogens with zero attached hydrogens (tertiary/aromatic N) is 2. The summed E-state index contributed by atoms with van der Waals surface area (Å²) in [5.41, 5.74) is 1.73. The van der Waals surface area contributed by atoms with Crippen molar-refractivity contribution in [2.75, 3.05) is 13.1 Å². The van der Waals surface area contributed by atoms with Crippen LogP contribution in [0.15, 0.2) is 58.3 Å². The second kappa shape index (κ2) is 12.0. The standard InChI is InChI=1S/C27H30Cl2N2O7S2/c1-17-7-11-19(12-8-17)39(35,36)30-15-3-5-21(30)25(32)23(28)27(34)24(29)26(33)22-6-4-16-31(22)40(37,38)20-13-9-18(2)10-14-20/h7-14,21-24H,3-6,15-16H2,1-2H3/t21-,22-,23?,24?/m0/s1. The molecule has 2 aromatic rings. The third kappa shape index (κ3) is 5.91. The Labute approximate surface area is 244 Å². The van der Waals surface area contributed by atoms with E-state index >= 15 is 0 Å². The first-order valence-electron chi connectivity index (χ1n) is 12.8. The van der Waals surface area contributed by atoms with Crippen molar-refractivity contribution in [3.05, 3.63) is 59.7 Å². The Morgan fingerprint density at radius 1 is 0.675 bits per heavy atom. The fourth-order valence-electron chi connectivity index (χ4n) is 5.06. The van der Waals surface area contributed by atoms with Crippen molar-refractivity contribution in [2.45, 2.75) is 72.2 Å². The van der Waals surface area contributed by atoms with Crippen molar-refractivity contribution < 1.29 is 31.2 Å². The summed E-state index contributed by atoms with van der Waals surface area (Å²) in [6.45, 7) is 3.77. The summed E-state index contributed by atoms with van der Waals surface area (Å²) >= 11 is 12.5. The number of aryl methyl sites for hydroxylation is 2. The Morgan fingerprint density at radius 3 is 1.32 bits per heavy atom. The van der Waals surface area contributed by atoms with E-state index in [1.165, 1.54) is 24.3 Å². The molecule has 2 aliphatic heterocycles. The van der Waals surface area contributed by atoms with Crippen LogP contribution < -0.4 is 0 Å². The summed E-state index contributed by atoms with van der Waals surface area (Å²) in [4.78, 5) is 39.7. The van der Waals surface area contributed by atoms with Gasteiger partial charge in [-0.2, -0.15) is 8.61 Å². The third-order valence-electron chi connectivity index (χ3n) is 7.32. The van der Waals surface area contributed by atoms with Crippen LogP contribution in [0.5, 0.6) is 0 Å². The number of benzene rings is 2. The highest BCUT2D eigenvalue weighted by molar-refractivity contribution is 7.89. The summed E-state index contributed by atoms with van der Waals surface area (Å²) < 4.78 is 55.0. The van der Waals surface area contributed by atoms with Gasteiger partial charge in [-0.3, -0.25) is 14.4 Å². The lowest BCUT2D eigenvalue weighted by Gasteiger charge is -2.26. The van der Waals surface area contributed by atoms with Gasteiger partial charge >= 0.3 is 0 Å². The van der Waals surface area contributed by atoms with E-state index < -0.39 is 60.2 Å². The summed E-state index contributed by atoms with van der Waals surface area (Å²) in [5, 5.41) is -3.76. The van der Waals surface area contributed by atoms with Gasteiger partial charge in [-0.25, -0.2) is 16.8 Å². The lowest BCUT2D eigenvalue weighted by Crippen LogP contribution is -2.50. The molecule has 40 heavy (non-hydrogen) atoms. The van der Waals surface area contributed by atoms with E-state index in [2.05, 4.69) is 0 Å². The molecule has 4 rings (SSSR count). The second-order valence-corrected chi connectivity index (χ2v) is 14.8. The van der Waals surface area contributed by atoms with Crippen molar-refractivity contribution in [3.8, 4) is 0 Å². The van der Waals surface area contributed by atoms with E-state index in [1.807, 2.05) is 13.8 Å². The van der Waals surface area contributed by atoms with Gasteiger partial charge < -0.3 is 0 Å². The van der Waals surface area contributed by atoms with Gasteiger partial charge in [-0.05, 0) is 63.8 Å². The first-order chi connectivity index (χ1) is 18.8. The smallest absolute Gasteiger partial charge is 0.243 e. The second-order valence-electron chi connectivity index (χ2n) is 10.1. The number of carbonyl (C=O) groups is 3. The molecule has 2 unspecified atom stereocenters. The minimum Gasteiger partial charge on any atom is -0.296 e. The molecule has 2 fully saturated rings. The lowest BCUT2D eigenvalue weighted by molar-refractivity contribution is -0.131. The van der Waals surface area contributed by atoms with Crippen LogP contribution >= 0.6 is 23.2 Å². The summed E-state index contributed by atoms with van der Waals surface area (Å²) in [6.07, 6.45) is 1.09. The van der Waals surface area contributed by atoms with E-state index in [9.17, 15) is 31.2 Å². The van der Waals surface area contributed by atoms with Crippen LogP contribution in [0.4, 0.5) is 0 Å². The van der Waals surface area contributed by atoms with E-state index in [1.54, 1.807) is 24.3 Å². The Kier molecular flexibility index (Phi) is 9.23. The van der Waals surface area contributed by atoms with E-state index in [4.69, 9.17) is 23.2 Å². The molecule has 2 saturated heterocycles. The van der Waals surface area contributed by atoms with E-state index in [0.717, 1.165) is 19.7 Å². The maximum Gasteiger partial charge on any atom is 0.243 e. The fourth-order valence-corrected chi connectivity index (χ4v) is 9.00. The normalized spacial score (nSPS) is 22.2. The predicted molar refractivity (Wildman–Crippen MR) is 150 cm³/mol. The molecule has 0 radical (unpaired) electrons. The summed E-state index contributed by atoms with van der Waals surface area (Å²) in [6, 6.07) is 9.96. The highest BCUT2D eigenvalue weighted by Crippen LogP contribution is 2.31. The Balaban J connectivity index is 1.49. The van der Waals surface area contributed by atoms with Crippen LogP contribution in [-0.4, -0.2) is 78.7 Å². The van der Waals surface area contributed by atoms with Crippen LogP contribution in [-0.2, 0) is 34.4 Å². The molecule has 13 heteroatoms. The van der Waals surface area contributed by atoms with Crippen molar-refractivity contribution >= 4 is 60.6 Å². The Hall–Kier alpha value is -2.15. The number of hydrogen-bond donors (Lipinski definition) is 0. The highest BCUT2D eigenvalue weighted by Gasteiger charge is 2.47. The van der Waals surface area contributed by atoms with Gasteiger partial charge in [-0.1, -0.05) is 35.4 Å². The van der Waals surface area contributed by atoms with Gasteiger partial charge in [0.1, 0.15) is 0 Å². The van der Waals surface area contributed by atoms with E-state index in [0.29, 0.717) is 12.8 Å². The van der Waals surface area contributed by atoms with Crippen molar-refractivity contribution in [1.82, 2.24) is 8.61 Å². The number of Topliss-reactive ketones (excluding diaryl/α,β-unsaturated/α-hetero) is 3. The molecule has 0 aromatic heterocycles. The molecule has 2 aromatic carbocycles. The minimum atomic E-state index is -4.04. The van der Waals surface area contributed by atoms with Crippen LogP contribution in [0.1, 0.15) is 36.8 Å². The van der Waals surface area contributed by atoms with Gasteiger partial charge in [0.25, 0.3) is 0 Å². The number of hydrogen-bond acceptors (Lipinski definition) is 7. The fraction of sp³-hybridized carbons (Fsp3) is 0.444. The van der Waals surface area contributed by atoms with Gasteiger partial charge in [0.15, 0.2) is 28.1 Å². The van der Waals surface area contributed by atoms with Crippen LogP contribution in [0.3, 0.4) is 0 Å². The zero-order valence-electron chi connectivity index (χ0n) is 22.0. The molecule has 2 heterocycles. The zero-order valence-corrected chi connectivity index (χ0v) is 25.1. The minimum absolute atomic E-state index is 0.0109. The van der Waals surface area contributed by atoms with Crippen molar-refractivity contribution in [2.24, 2.45) is 0 Å². The van der Waals surface area contributed by atoms with Gasteiger partial charge in [-0.15, -0.1) is 23.2 Å². The SMILES string of the molecule is Cc1ccc(S(=O)(=O)N2CCC[C@H]2C(=O)C(Cl)C(=O)C(Cl)C(=O)[C@@H]2CCCN2S(=O)(=O)c2ccc(C)cc2)cc1. The molecule has 216 valence electrons. The Bertz CT molecular complexity index is 1400. The molecule has 4 atom stereocenters.